The van der Waals surface area contributed by atoms with Crippen LogP contribution in [0, 0.1) is 18.8 Å². The molecule has 0 aromatic carbocycles. The first kappa shape index (κ1) is 13.6. The minimum absolute atomic E-state index is 0.00247. The highest BCUT2D eigenvalue weighted by molar-refractivity contribution is 7.10. The summed E-state index contributed by atoms with van der Waals surface area (Å²) >= 11 is 1.59. The van der Waals surface area contributed by atoms with Crippen molar-refractivity contribution in [2.75, 3.05) is 6.61 Å². The Morgan fingerprint density at radius 1 is 1.42 bits per heavy atom. The molecule has 0 spiro atoms. The molecule has 2 heterocycles. The molecule has 0 aliphatic rings. The molecule has 0 amide bonds. The molecule has 19 heavy (non-hydrogen) atoms. The van der Waals surface area contributed by atoms with Crippen LogP contribution in [-0.4, -0.2) is 16.3 Å². The molecule has 98 valence electrons. The van der Waals surface area contributed by atoms with Gasteiger partial charge in [-0.05, 0) is 30.0 Å². The predicted octanol–water partition coefficient (Wildman–Crippen LogP) is 2.00. The van der Waals surface area contributed by atoms with E-state index in [1.165, 1.54) is 0 Å². The third-order valence-electron chi connectivity index (χ3n) is 2.67. The molecular formula is C15H15NO2S. The highest BCUT2D eigenvalue weighted by Crippen LogP contribution is 2.16. The summed E-state index contributed by atoms with van der Waals surface area (Å²) in [5.41, 5.74) is 1.91. The van der Waals surface area contributed by atoms with Gasteiger partial charge in [0.25, 0.3) is 5.56 Å². The smallest absolute Gasteiger partial charge is 0.251 e. The van der Waals surface area contributed by atoms with Gasteiger partial charge in [0.15, 0.2) is 0 Å². The Hall–Kier alpha value is -1.83. The zero-order valence-corrected chi connectivity index (χ0v) is 11.5. The average molecular weight is 273 g/mol. The summed E-state index contributed by atoms with van der Waals surface area (Å²) in [5, 5.41) is 10.7. The highest BCUT2D eigenvalue weighted by Gasteiger charge is 2.04. The Labute approximate surface area is 116 Å². The van der Waals surface area contributed by atoms with Crippen molar-refractivity contribution >= 4 is 11.3 Å². The monoisotopic (exact) mass is 273 g/mol. The van der Waals surface area contributed by atoms with Crippen molar-refractivity contribution < 1.29 is 5.11 Å². The molecule has 1 N–H and O–H groups in total. The lowest BCUT2D eigenvalue weighted by Gasteiger charge is -2.04. The van der Waals surface area contributed by atoms with E-state index in [9.17, 15) is 4.79 Å². The van der Waals surface area contributed by atoms with Crippen molar-refractivity contribution in [2.45, 2.75) is 19.9 Å². The van der Waals surface area contributed by atoms with E-state index in [-0.39, 0.29) is 12.2 Å². The molecule has 0 unspecified atom stereocenters. The van der Waals surface area contributed by atoms with Gasteiger partial charge in [0.1, 0.15) is 0 Å². The third-order valence-corrected chi connectivity index (χ3v) is 3.58. The Morgan fingerprint density at radius 2 is 2.26 bits per heavy atom. The largest absolute Gasteiger partial charge is 0.395 e. The van der Waals surface area contributed by atoms with Crippen LogP contribution in [0.15, 0.2) is 34.6 Å². The molecule has 0 bridgehead atoms. The Morgan fingerprint density at radius 3 is 3.00 bits per heavy atom. The van der Waals surface area contributed by atoms with E-state index in [0.717, 1.165) is 16.0 Å². The minimum Gasteiger partial charge on any atom is -0.395 e. The number of aryl methyl sites for hydroxylation is 1. The van der Waals surface area contributed by atoms with E-state index in [2.05, 4.69) is 11.8 Å². The van der Waals surface area contributed by atoms with Crippen LogP contribution in [-0.2, 0) is 6.54 Å². The van der Waals surface area contributed by atoms with Gasteiger partial charge in [-0.2, -0.15) is 0 Å². The fourth-order valence-corrected chi connectivity index (χ4v) is 2.51. The van der Waals surface area contributed by atoms with Crippen LogP contribution >= 0.6 is 11.3 Å². The van der Waals surface area contributed by atoms with E-state index >= 15 is 0 Å². The molecular weight excluding hydrogens is 258 g/mol. The second-order valence-electron chi connectivity index (χ2n) is 4.20. The molecule has 0 saturated carbocycles. The normalized spacial score (nSPS) is 10.0. The molecule has 0 aliphatic heterocycles. The SMILES string of the molecule is Cc1ccn(Cc2sccc2C#CCCO)c(=O)c1. The Bertz CT molecular complexity index is 673. The fourth-order valence-electron chi connectivity index (χ4n) is 1.68. The summed E-state index contributed by atoms with van der Waals surface area (Å²) in [6.45, 7) is 2.52. The summed E-state index contributed by atoms with van der Waals surface area (Å²) in [6, 6.07) is 5.50. The van der Waals surface area contributed by atoms with Gasteiger partial charge in [0.2, 0.25) is 0 Å². The molecule has 3 nitrogen and oxygen atoms in total. The minimum atomic E-state index is 0.00247. The Kier molecular flexibility index (Phi) is 4.56. The molecule has 0 atom stereocenters. The molecule has 0 radical (unpaired) electrons. The zero-order valence-electron chi connectivity index (χ0n) is 10.7. The molecule has 2 aromatic rings. The first-order chi connectivity index (χ1) is 9.20. The van der Waals surface area contributed by atoms with Gasteiger partial charge in [-0.15, -0.1) is 11.3 Å². The second-order valence-corrected chi connectivity index (χ2v) is 5.20. The second kappa shape index (κ2) is 6.37. The van der Waals surface area contributed by atoms with Gasteiger partial charge >= 0.3 is 0 Å². The van der Waals surface area contributed by atoms with Crippen LogP contribution in [0.25, 0.3) is 0 Å². The van der Waals surface area contributed by atoms with E-state index < -0.39 is 0 Å². The van der Waals surface area contributed by atoms with Crippen molar-refractivity contribution in [3.05, 3.63) is 56.1 Å². The van der Waals surface area contributed by atoms with Crippen LogP contribution in [0.1, 0.15) is 22.4 Å². The predicted molar refractivity (Wildman–Crippen MR) is 77.4 cm³/mol. The van der Waals surface area contributed by atoms with Crippen LogP contribution < -0.4 is 5.56 Å². The first-order valence-electron chi connectivity index (χ1n) is 6.04. The van der Waals surface area contributed by atoms with Crippen molar-refractivity contribution in [3.63, 3.8) is 0 Å². The molecule has 2 aromatic heterocycles. The summed E-state index contributed by atoms with van der Waals surface area (Å²) in [5.74, 6) is 5.94. The van der Waals surface area contributed by atoms with E-state index in [1.807, 2.05) is 30.6 Å². The Balaban J connectivity index is 2.23. The fraction of sp³-hybridized carbons (Fsp3) is 0.267. The maximum Gasteiger partial charge on any atom is 0.251 e. The number of aromatic nitrogens is 1. The topological polar surface area (TPSA) is 42.2 Å². The number of hydrogen-bond donors (Lipinski definition) is 1. The number of pyridine rings is 1. The summed E-state index contributed by atoms with van der Waals surface area (Å²) in [4.78, 5) is 12.9. The quantitative estimate of drug-likeness (QED) is 0.869. The van der Waals surface area contributed by atoms with Crippen LogP contribution in [0.5, 0.6) is 0 Å². The number of aliphatic hydroxyl groups excluding tert-OH is 1. The number of aliphatic hydroxyl groups is 1. The molecule has 0 saturated heterocycles. The summed E-state index contributed by atoms with van der Waals surface area (Å²) in [6.07, 6.45) is 2.28. The van der Waals surface area contributed by atoms with E-state index in [1.54, 1.807) is 22.0 Å². The average Bonchev–Trinajstić information content (AvgIpc) is 2.81. The lowest BCUT2D eigenvalue weighted by atomic mass is 10.2. The van der Waals surface area contributed by atoms with Crippen LogP contribution in [0.3, 0.4) is 0 Å². The van der Waals surface area contributed by atoms with Gasteiger partial charge in [-0.1, -0.05) is 11.8 Å². The maximum atomic E-state index is 11.8. The van der Waals surface area contributed by atoms with Crippen LogP contribution in [0.4, 0.5) is 0 Å². The van der Waals surface area contributed by atoms with Crippen molar-refractivity contribution in [1.29, 1.82) is 0 Å². The van der Waals surface area contributed by atoms with E-state index in [4.69, 9.17) is 5.11 Å². The number of hydrogen-bond acceptors (Lipinski definition) is 3. The van der Waals surface area contributed by atoms with Crippen molar-refractivity contribution in [3.8, 4) is 11.8 Å². The summed E-state index contributed by atoms with van der Waals surface area (Å²) in [7, 11) is 0. The molecule has 0 fully saturated rings. The third kappa shape index (κ3) is 3.57. The van der Waals surface area contributed by atoms with Crippen LogP contribution in [0.2, 0.25) is 0 Å². The standard InChI is InChI=1S/C15H15NO2S/c1-12-5-7-16(15(18)10-12)11-14-13(6-9-19-14)4-2-3-8-17/h5-7,9-10,17H,3,8,11H2,1H3. The lowest BCUT2D eigenvalue weighted by molar-refractivity contribution is 0.305. The molecule has 2 rings (SSSR count). The zero-order chi connectivity index (χ0) is 13.7. The number of nitrogens with zero attached hydrogens (tertiary/aromatic N) is 1. The highest BCUT2D eigenvalue weighted by atomic mass is 32.1. The van der Waals surface area contributed by atoms with Gasteiger partial charge < -0.3 is 9.67 Å². The number of thiophene rings is 1. The first-order valence-corrected chi connectivity index (χ1v) is 6.92. The van der Waals surface area contributed by atoms with Gasteiger partial charge in [0.05, 0.1) is 13.2 Å². The summed E-state index contributed by atoms with van der Waals surface area (Å²) < 4.78 is 1.68. The van der Waals surface area contributed by atoms with Gasteiger partial charge in [-0.25, -0.2) is 0 Å². The lowest BCUT2D eigenvalue weighted by Crippen LogP contribution is -2.19. The van der Waals surface area contributed by atoms with Gasteiger partial charge in [-0.3, -0.25) is 4.79 Å². The van der Waals surface area contributed by atoms with Crippen molar-refractivity contribution in [2.24, 2.45) is 0 Å². The van der Waals surface area contributed by atoms with Crippen molar-refractivity contribution in [1.82, 2.24) is 4.57 Å². The molecule has 0 aliphatic carbocycles. The number of rotatable bonds is 3. The maximum absolute atomic E-state index is 11.8. The molecule has 4 heteroatoms. The van der Waals surface area contributed by atoms with E-state index in [0.29, 0.717) is 13.0 Å². The van der Waals surface area contributed by atoms with Gasteiger partial charge in [0, 0.05) is 29.1 Å².